The number of fused-ring (bicyclic) bond motifs is 5. The Morgan fingerprint density at radius 2 is 1.42 bits per heavy atom. The molecular weight excluding hydrogens is 466 g/mol. The standard InChI is InChI=1S/C28H17BrClN/c29-28(19-11-5-2-6-12-19)23-16-15-20(30)17-22(23)25-26(28)21-13-7-8-14-24(21)31-27(25)18-9-3-1-4-10-18/h1-17H. The largest absolute Gasteiger partial charge is 0.247 e. The molecule has 0 amide bonds. The van der Waals surface area contributed by atoms with E-state index in [1.165, 1.54) is 16.7 Å². The summed E-state index contributed by atoms with van der Waals surface area (Å²) in [5.41, 5.74) is 8.93. The van der Waals surface area contributed by atoms with Gasteiger partial charge in [0.05, 0.1) is 11.2 Å². The number of halogens is 2. The molecule has 1 aliphatic rings. The van der Waals surface area contributed by atoms with Gasteiger partial charge in [-0.05, 0) is 40.5 Å². The molecule has 0 fully saturated rings. The maximum Gasteiger partial charge on any atom is 0.102 e. The Labute approximate surface area is 194 Å². The average molecular weight is 483 g/mol. The molecule has 1 heterocycles. The summed E-state index contributed by atoms with van der Waals surface area (Å²) in [4.78, 5) is 5.14. The third-order valence-corrected chi connectivity index (χ3v) is 7.59. The van der Waals surface area contributed by atoms with Crippen molar-refractivity contribution >= 4 is 38.4 Å². The van der Waals surface area contributed by atoms with Gasteiger partial charge in [0, 0.05) is 21.5 Å². The molecule has 1 aliphatic carbocycles. The van der Waals surface area contributed by atoms with Gasteiger partial charge < -0.3 is 0 Å². The Hall–Kier alpha value is -2.94. The fourth-order valence-corrected chi connectivity index (χ4v) is 5.96. The van der Waals surface area contributed by atoms with Gasteiger partial charge in [-0.15, -0.1) is 0 Å². The zero-order valence-corrected chi connectivity index (χ0v) is 18.9. The van der Waals surface area contributed by atoms with Gasteiger partial charge in [-0.2, -0.15) is 0 Å². The molecule has 1 nitrogen and oxygen atoms in total. The van der Waals surface area contributed by atoms with Crippen molar-refractivity contribution in [2.24, 2.45) is 0 Å². The van der Waals surface area contributed by atoms with Crippen molar-refractivity contribution in [3.63, 3.8) is 0 Å². The van der Waals surface area contributed by atoms with Crippen LogP contribution in [0.25, 0.3) is 33.3 Å². The number of aromatic nitrogens is 1. The van der Waals surface area contributed by atoms with E-state index in [2.05, 4.69) is 101 Å². The number of nitrogens with zero attached hydrogens (tertiary/aromatic N) is 1. The molecule has 0 N–H and O–H groups in total. The summed E-state index contributed by atoms with van der Waals surface area (Å²) in [6.07, 6.45) is 0. The van der Waals surface area contributed by atoms with E-state index in [1.54, 1.807) is 0 Å². The van der Waals surface area contributed by atoms with E-state index in [9.17, 15) is 0 Å². The summed E-state index contributed by atoms with van der Waals surface area (Å²) in [6.45, 7) is 0. The molecule has 0 spiro atoms. The molecule has 3 heteroatoms. The minimum absolute atomic E-state index is 0.490. The quantitative estimate of drug-likeness (QED) is 0.231. The van der Waals surface area contributed by atoms with Crippen molar-refractivity contribution in [2.45, 2.75) is 4.32 Å². The lowest BCUT2D eigenvalue weighted by molar-refractivity contribution is 0.960. The fourth-order valence-electron chi connectivity index (χ4n) is 4.76. The second-order valence-electron chi connectivity index (χ2n) is 7.81. The van der Waals surface area contributed by atoms with Crippen LogP contribution in [0.4, 0.5) is 0 Å². The highest BCUT2D eigenvalue weighted by Gasteiger charge is 2.45. The predicted octanol–water partition coefficient (Wildman–Crippen LogP) is 8.22. The first-order chi connectivity index (χ1) is 15.2. The molecule has 1 aromatic heterocycles. The lowest BCUT2D eigenvalue weighted by atomic mass is 9.86. The second-order valence-corrected chi connectivity index (χ2v) is 9.43. The number of rotatable bonds is 2. The van der Waals surface area contributed by atoms with E-state index in [0.717, 1.165) is 38.3 Å². The van der Waals surface area contributed by atoms with Crippen molar-refractivity contribution in [1.29, 1.82) is 0 Å². The number of hydrogen-bond acceptors (Lipinski definition) is 1. The van der Waals surface area contributed by atoms with Crippen LogP contribution in [0, 0.1) is 0 Å². The zero-order chi connectivity index (χ0) is 21.0. The smallest absolute Gasteiger partial charge is 0.102 e. The first kappa shape index (κ1) is 18.8. The molecule has 0 saturated carbocycles. The van der Waals surface area contributed by atoms with Gasteiger partial charge in [0.2, 0.25) is 0 Å². The normalized spacial score (nSPS) is 16.8. The van der Waals surface area contributed by atoms with Crippen LogP contribution in [-0.2, 0) is 4.32 Å². The van der Waals surface area contributed by atoms with Crippen molar-refractivity contribution in [3.8, 4) is 22.4 Å². The van der Waals surface area contributed by atoms with Gasteiger partial charge in [-0.3, -0.25) is 0 Å². The molecule has 0 aliphatic heterocycles. The minimum Gasteiger partial charge on any atom is -0.247 e. The molecule has 0 saturated heterocycles. The van der Waals surface area contributed by atoms with Gasteiger partial charge in [0.25, 0.3) is 0 Å². The number of alkyl halides is 1. The second kappa shape index (κ2) is 7.05. The third-order valence-electron chi connectivity index (χ3n) is 6.08. The van der Waals surface area contributed by atoms with Gasteiger partial charge >= 0.3 is 0 Å². The summed E-state index contributed by atoms with van der Waals surface area (Å²) in [5, 5.41) is 1.87. The lowest BCUT2D eigenvalue weighted by Gasteiger charge is -2.27. The molecule has 4 aromatic carbocycles. The highest BCUT2D eigenvalue weighted by molar-refractivity contribution is 9.10. The molecule has 1 unspecified atom stereocenters. The van der Waals surface area contributed by atoms with Crippen LogP contribution in [-0.4, -0.2) is 4.98 Å². The van der Waals surface area contributed by atoms with Crippen molar-refractivity contribution in [3.05, 3.63) is 125 Å². The van der Waals surface area contributed by atoms with E-state index in [0.29, 0.717) is 0 Å². The average Bonchev–Trinajstić information content (AvgIpc) is 3.09. The molecule has 148 valence electrons. The van der Waals surface area contributed by atoms with Crippen LogP contribution in [0.1, 0.15) is 16.7 Å². The van der Waals surface area contributed by atoms with Crippen molar-refractivity contribution < 1.29 is 0 Å². The van der Waals surface area contributed by atoms with Crippen molar-refractivity contribution in [1.82, 2.24) is 4.98 Å². The number of benzene rings is 4. The number of pyridine rings is 1. The number of hydrogen-bond donors (Lipinski definition) is 0. The highest BCUT2D eigenvalue weighted by Crippen LogP contribution is 2.60. The Balaban J connectivity index is 1.84. The van der Waals surface area contributed by atoms with E-state index >= 15 is 0 Å². The van der Waals surface area contributed by atoms with Crippen LogP contribution < -0.4 is 0 Å². The topological polar surface area (TPSA) is 12.9 Å². The van der Waals surface area contributed by atoms with Crippen LogP contribution in [0.15, 0.2) is 103 Å². The zero-order valence-electron chi connectivity index (χ0n) is 16.5. The lowest BCUT2D eigenvalue weighted by Crippen LogP contribution is -2.19. The Morgan fingerprint density at radius 3 is 2.19 bits per heavy atom. The van der Waals surface area contributed by atoms with E-state index in [4.69, 9.17) is 16.6 Å². The Morgan fingerprint density at radius 1 is 0.742 bits per heavy atom. The van der Waals surface area contributed by atoms with Gasteiger partial charge in [-0.1, -0.05) is 112 Å². The summed E-state index contributed by atoms with van der Waals surface area (Å²) in [6, 6.07) is 35.6. The van der Waals surface area contributed by atoms with Crippen LogP contribution in [0.5, 0.6) is 0 Å². The summed E-state index contributed by atoms with van der Waals surface area (Å²) < 4.78 is -0.490. The molecular formula is C28H17BrClN. The first-order valence-electron chi connectivity index (χ1n) is 10.2. The third kappa shape index (κ3) is 2.72. The number of para-hydroxylation sites is 1. The first-order valence-corrected chi connectivity index (χ1v) is 11.4. The highest BCUT2D eigenvalue weighted by atomic mass is 79.9. The monoisotopic (exact) mass is 481 g/mol. The van der Waals surface area contributed by atoms with E-state index in [-0.39, 0.29) is 0 Å². The maximum absolute atomic E-state index is 6.51. The molecule has 31 heavy (non-hydrogen) atoms. The molecule has 6 rings (SSSR count). The molecule has 0 radical (unpaired) electrons. The van der Waals surface area contributed by atoms with Crippen LogP contribution in [0.2, 0.25) is 5.02 Å². The summed E-state index contributed by atoms with van der Waals surface area (Å²) >= 11 is 10.7. The molecule has 0 bridgehead atoms. The van der Waals surface area contributed by atoms with Crippen LogP contribution in [0.3, 0.4) is 0 Å². The summed E-state index contributed by atoms with van der Waals surface area (Å²) in [5.74, 6) is 0. The van der Waals surface area contributed by atoms with E-state index in [1.807, 2.05) is 18.2 Å². The maximum atomic E-state index is 6.51. The molecule has 1 atom stereocenters. The Kier molecular flexibility index (Phi) is 4.27. The van der Waals surface area contributed by atoms with Gasteiger partial charge in [0.15, 0.2) is 0 Å². The Bertz CT molecular complexity index is 1450. The minimum atomic E-state index is -0.490. The van der Waals surface area contributed by atoms with Gasteiger partial charge in [-0.25, -0.2) is 4.98 Å². The van der Waals surface area contributed by atoms with Crippen LogP contribution >= 0.6 is 27.5 Å². The molecule has 5 aromatic rings. The summed E-state index contributed by atoms with van der Waals surface area (Å²) in [7, 11) is 0. The SMILES string of the molecule is Clc1ccc2c(c1)-c1c(-c3ccccc3)nc3ccccc3c1C2(Br)c1ccccc1. The van der Waals surface area contributed by atoms with E-state index < -0.39 is 4.32 Å². The van der Waals surface area contributed by atoms with Crippen molar-refractivity contribution in [2.75, 3.05) is 0 Å². The van der Waals surface area contributed by atoms with Gasteiger partial charge in [0.1, 0.15) is 4.32 Å². The fraction of sp³-hybridized carbons (Fsp3) is 0.0357. The predicted molar refractivity (Wildman–Crippen MR) is 133 cm³/mol.